The maximum atomic E-state index is 14.2. The van der Waals surface area contributed by atoms with Crippen LogP contribution in [0.25, 0.3) is 0 Å². The van der Waals surface area contributed by atoms with Crippen LogP contribution in [0, 0.1) is 11.7 Å². The lowest BCUT2D eigenvalue weighted by molar-refractivity contribution is 0.171. The fourth-order valence-electron chi connectivity index (χ4n) is 2.61. The average molecular weight is 280 g/mol. The molecule has 1 atom stereocenters. The molecule has 1 aliphatic rings. The minimum atomic E-state index is -0.142. The third-order valence-electron chi connectivity index (χ3n) is 3.90. The van der Waals surface area contributed by atoms with Crippen LogP contribution in [0.15, 0.2) is 18.2 Å². The van der Waals surface area contributed by atoms with Crippen molar-refractivity contribution in [3.05, 3.63) is 24.0 Å². The molecular formula is C16H25FN2O. The molecular weight excluding hydrogens is 255 g/mol. The molecule has 0 saturated carbocycles. The fourth-order valence-corrected chi connectivity index (χ4v) is 2.61. The van der Waals surface area contributed by atoms with Crippen molar-refractivity contribution in [2.45, 2.75) is 32.7 Å². The van der Waals surface area contributed by atoms with E-state index in [1.807, 2.05) is 12.1 Å². The summed E-state index contributed by atoms with van der Waals surface area (Å²) in [6, 6.07) is 5.63. The molecule has 4 heteroatoms. The molecule has 0 bridgehead atoms. The molecule has 1 aromatic rings. The molecule has 0 aliphatic carbocycles. The first-order valence-electron chi connectivity index (χ1n) is 7.41. The SMILES string of the molecule is COCC(Nc1ccc(N2CCCC2)c(F)c1)C(C)C. The highest BCUT2D eigenvalue weighted by molar-refractivity contribution is 5.57. The van der Waals surface area contributed by atoms with Gasteiger partial charge in [-0.15, -0.1) is 0 Å². The van der Waals surface area contributed by atoms with Crippen LogP contribution in [-0.4, -0.2) is 32.8 Å². The predicted molar refractivity (Wildman–Crippen MR) is 82.0 cm³/mol. The lowest BCUT2D eigenvalue weighted by Gasteiger charge is -2.24. The Hall–Kier alpha value is -1.29. The van der Waals surface area contributed by atoms with E-state index in [1.54, 1.807) is 13.2 Å². The summed E-state index contributed by atoms with van der Waals surface area (Å²) in [7, 11) is 1.69. The Bertz CT molecular complexity index is 430. The molecule has 1 saturated heterocycles. The summed E-state index contributed by atoms with van der Waals surface area (Å²) < 4.78 is 19.4. The first-order valence-corrected chi connectivity index (χ1v) is 7.41. The van der Waals surface area contributed by atoms with E-state index in [0.29, 0.717) is 12.5 Å². The van der Waals surface area contributed by atoms with Crippen molar-refractivity contribution in [2.75, 3.05) is 37.0 Å². The molecule has 0 amide bonds. The number of hydrogen-bond acceptors (Lipinski definition) is 3. The summed E-state index contributed by atoms with van der Waals surface area (Å²) >= 11 is 0. The van der Waals surface area contributed by atoms with Crippen molar-refractivity contribution in [3.63, 3.8) is 0 Å². The van der Waals surface area contributed by atoms with Crippen molar-refractivity contribution < 1.29 is 9.13 Å². The fraction of sp³-hybridized carbons (Fsp3) is 0.625. The predicted octanol–water partition coefficient (Wildman–Crippen LogP) is 3.51. The lowest BCUT2D eigenvalue weighted by Crippen LogP contribution is -2.30. The molecule has 1 N–H and O–H groups in total. The zero-order chi connectivity index (χ0) is 14.5. The van der Waals surface area contributed by atoms with Gasteiger partial charge in [0.2, 0.25) is 0 Å². The van der Waals surface area contributed by atoms with Crippen LogP contribution >= 0.6 is 0 Å². The van der Waals surface area contributed by atoms with Gasteiger partial charge in [0.15, 0.2) is 0 Å². The minimum Gasteiger partial charge on any atom is -0.383 e. The highest BCUT2D eigenvalue weighted by Gasteiger charge is 2.17. The van der Waals surface area contributed by atoms with Crippen molar-refractivity contribution >= 4 is 11.4 Å². The summed E-state index contributed by atoms with van der Waals surface area (Å²) in [6.45, 7) is 6.80. The number of methoxy groups -OCH3 is 1. The maximum absolute atomic E-state index is 14.2. The van der Waals surface area contributed by atoms with Gasteiger partial charge in [0.05, 0.1) is 18.3 Å². The molecule has 1 unspecified atom stereocenters. The standard InChI is InChI=1S/C16H25FN2O/c1-12(2)15(11-20-3)18-13-6-7-16(14(17)10-13)19-8-4-5-9-19/h6-7,10,12,15,18H,4-5,8-9,11H2,1-3H3. The number of anilines is 2. The van der Waals surface area contributed by atoms with Crippen LogP contribution < -0.4 is 10.2 Å². The Kier molecular flexibility index (Phi) is 5.24. The van der Waals surface area contributed by atoms with E-state index in [-0.39, 0.29) is 11.9 Å². The van der Waals surface area contributed by atoms with Gasteiger partial charge < -0.3 is 15.0 Å². The minimum absolute atomic E-state index is 0.142. The van der Waals surface area contributed by atoms with Crippen molar-refractivity contribution in [1.29, 1.82) is 0 Å². The molecule has 2 rings (SSSR count). The summed E-state index contributed by atoms with van der Waals surface area (Å²) in [5.41, 5.74) is 1.54. The number of rotatable bonds is 6. The molecule has 1 aromatic carbocycles. The van der Waals surface area contributed by atoms with Gasteiger partial charge in [-0.2, -0.15) is 0 Å². The first kappa shape index (κ1) is 15.1. The molecule has 1 fully saturated rings. The number of nitrogens with one attached hydrogen (secondary N) is 1. The number of nitrogens with zero attached hydrogens (tertiary/aromatic N) is 1. The molecule has 3 nitrogen and oxygen atoms in total. The van der Waals surface area contributed by atoms with Gasteiger partial charge in [0.25, 0.3) is 0 Å². The number of benzene rings is 1. The van der Waals surface area contributed by atoms with Crippen LogP contribution in [0.4, 0.5) is 15.8 Å². The Morgan fingerprint density at radius 1 is 1.30 bits per heavy atom. The molecule has 0 aromatic heterocycles. The zero-order valence-electron chi connectivity index (χ0n) is 12.7. The van der Waals surface area contributed by atoms with E-state index in [9.17, 15) is 4.39 Å². The third kappa shape index (κ3) is 3.63. The van der Waals surface area contributed by atoms with E-state index in [0.717, 1.165) is 37.3 Å². The van der Waals surface area contributed by atoms with Gasteiger partial charge in [0, 0.05) is 25.9 Å². The summed E-state index contributed by atoms with van der Waals surface area (Å²) in [5, 5.41) is 3.35. The monoisotopic (exact) mass is 280 g/mol. The molecule has 1 heterocycles. The van der Waals surface area contributed by atoms with Crippen molar-refractivity contribution in [1.82, 2.24) is 0 Å². The van der Waals surface area contributed by atoms with Crippen LogP contribution in [0.1, 0.15) is 26.7 Å². The van der Waals surface area contributed by atoms with E-state index >= 15 is 0 Å². The van der Waals surface area contributed by atoms with E-state index in [1.165, 1.54) is 0 Å². The quantitative estimate of drug-likeness (QED) is 0.863. The van der Waals surface area contributed by atoms with E-state index in [4.69, 9.17) is 4.74 Å². The second-order valence-electron chi connectivity index (χ2n) is 5.81. The largest absolute Gasteiger partial charge is 0.383 e. The maximum Gasteiger partial charge on any atom is 0.148 e. The molecule has 112 valence electrons. The topological polar surface area (TPSA) is 24.5 Å². The highest BCUT2D eigenvalue weighted by atomic mass is 19.1. The molecule has 0 radical (unpaired) electrons. The molecule has 20 heavy (non-hydrogen) atoms. The molecule has 1 aliphatic heterocycles. The third-order valence-corrected chi connectivity index (χ3v) is 3.90. The zero-order valence-corrected chi connectivity index (χ0v) is 12.7. The smallest absolute Gasteiger partial charge is 0.148 e. The number of ether oxygens (including phenoxy) is 1. The lowest BCUT2D eigenvalue weighted by atomic mass is 10.0. The van der Waals surface area contributed by atoms with Crippen LogP contribution in [0.3, 0.4) is 0 Å². The molecule has 0 spiro atoms. The van der Waals surface area contributed by atoms with Crippen LogP contribution in [0.5, 0.6) is 0 Å². The average Bonchev–Trinajstić information content (AvgIpc) is 2.92. The normalized spacial score (nSPS) is 16.8. The Labute approximate surface area is 121 Å². The van der Waals surface area contributed by atoms with Gasteiger partial charge in [-0.05, 0) is 37.0 Å². The van der Waals surface area contributed by atoms with Gasteiger partial charge in [0.1, 0.15) is 5.82 Å². The Morgan fingerprint density at radius 2 is 2.00 bits per heavy atom. The van der Waals surface area contributed by atoms with Crippen molar-refractivity contribution in [3.8, 4) is 0 Å². The highest BCUT2D eigenvalue weighted by Crippen LogP contribution is 2.26. The van der Waals surface area contributed by atoms with Crippen LogP contribution in [0.2, 0.25) is 0 Å². The summed E-state index contributed by atoms with van der Waals surface area (Å²) in [5.74, 6) is 0.285. The van der Waals surface area contributed by atoms with Gasteiger partial charge in [-0.1, -0.05) is 13.8 Å². The van der Waals surface area contributed by atoms with E-state index in [2.05, 4.69) is 24.1 Å². The Balaban J connectivity index is 2.07. The first-order chi connectivity index (χ1) is 9.61. The van der Waals surface area contributed by atoms with Crippen molar-refractivity contribution in [2.24, 2.45) is 5.92 Å². The summed E-state index contributed by atoms with van der Waals surface area (Å²) in [4.78, 5) is 2.12. The number of hydrogen-bond donors (Lipinski definition) is 1. The van der Waals surface area contributed by atoms with E-state index < -0.39 is 0 Å². The second kappa shape index (κ2) is 6.93. The van der Waals surface area contributed by atoms with Crippen LogP contribution in [-0.2, 0) is 4.74 Å². The van der Waals surface area contributed by atoms with Gasteiger partial charge in [-0.25, -0.2) is 4.39 Å². The second-order valence-corrected chi connectivity index (χ2v) is 5.81. The number of halogens is 1. The Morgan fingerprint density at radius 3 is 2.55 bits per heavy atom. The van der Waals surface area contributed by atoms with Gasteiger partial charge in [-0.3, -0.25) is 0 Å². The summed E-state index contributed by atoms with van der Waals surface area (Å²) in [6.07, 6.45) is 2.31. The van der Waals surface area contributed by atoms with Gasteiger partial charge >= 0.3 is 0 Å².